The van der Waals surface area contributed by atoms with Gasteiger partial charge in [-0.15, -0.1) is 12.4 Å². The highest BCUT2D eigenvalue weighted by atomic mass is 35.5. The van der Waals surface area contributed by atoms with Crippen molar-refractivity contribution in [3.8, 4) is 0 Å². The number of likely N-dealkylation sites (N-methyl/N-ethyl adjacent to an activating group) is 1. The van der Waals surface area contributed by atoms with Crippen LogP contribution in [0.1, 0.15) is 39.7 Å². The zero-order valence-corrected chi connectivity index (χ0v) is 16.3. The van der Waals surface area contributed by atoms with E-state index in [1.165, 1.54) is 5.56 Å². The molecule has 3 atom stereocenters. The molecule has 0 saturated heterocycles. The predicted molar refractivity (Wildman–Crippen MR) is 105 cm³/mol. The topological polar surface area (TPSA) is 58.4 Å². The Morgan fingerprint density at radius 3 is 2.25 bits per heavy atom. The fraction of sp³-hybridized carbons (Fsp3) is 0.632. The van der Waals surface area contributed by atoms with Gasteiger partial charge >= 0.3 is 0 Å². The first-order chi connectivity index (χ1) is 11.0. The Bertz CT molecular complexity index is 451. The molecule has 0 bridgehead atoms. The molecule has 1 amide bonds. The minimum absolute atomic E-state index is 0. The van der Waals surface area contributed by atoms with Crippen LogP contribution < -0.4 is 11.1 Å². The SMILES string of the molecule is CCC(C)C(N)C(=O)NCC(Cc1ccccc1)N(CC)CC.Cl. The van der Waals surface area contributed by atoms with Crippen molar-refractivity contribution in [1.29, 1.82) is 0 Å². The second-order valence-corrected chi connectivity index (χ2v) is 6.22. The lowest BCUT2D eigenvalue weighted by molar-refractivity contribution is -0.123. The van der Waals surface area contributed by atoms with E-state index in [4.69, 9.17) is 5.73 Å². The van der Waals surface area contributed by atoms with E-state index in [-0.39, 0.29) is 24.2 Å². The zero-order chi connectivity index (χ0) is 17.2. The Hall–Kier alpha value is -1.10. The maximum atomic E-state index is 12.2. The molecule has 138 valence electrons. The standard InChI is InChI=1S/C19H33N3O.ClH/c1-5-15(4)18(20)19(23)21-14-17(22(6-2)7-3)13-16-11-9-8-10-12-16;/h8-12,15,17-18H,5-7,13-14,20H2,1-4H3,(H,21,23);1H. The number of nitrogens with two attached hydrogens (primary N) is 1. The van der Waals surface area contributed by atoms with Crippen molar-refractivity contribution < 1.29 is 4.79 Å². The largest absolute Gasteiger partial charge is 0.353 e. The average molecular weight is 356 g/mol. The van der Waals surface area contributed by atoms with E-state index >= 15 is 0 Å². The summed E-state index contributed by atoms with van der Waals surface area (Å²) in [5.41, 5.74) is 7.32. The number of benzene rings is 1. The van der Waals surface area contributed by atoms with Gasteiger partial charge in [-0.3, -0.25) is 9.69 Å². The number of hydrogen-bond donors (Lipinski definition) is 2. The fourth-order valence-electron chi connectivity index (χ4n) is 2.81. The molecule has 0 heterocycles. The maximum absolute atomic E-state index is 12.2. The molecule has 3 N–H and O–H groups in total. The number of carbonyl (C=O) groups is 1. The number of nitrogens with one attached hydrogen (secondary N) is 1. The van der Waals surface area contributed by atoms with Gasteiger partial charge in [-0.25, -0.2) is 0 Å². The highest BCUT2D eigenvalue weighted by Crippen LogP contribution is 2.10. The van der Waals surface area contributed by atoms with Gasteiger partial charge in [0.05, 0.1) is 6.04 Å². The van der Waals surface area contributed by atoms with Crippen molar-refractivity contribution in [2.24, 2.45) is 11.7 Å². The zero-order valence-electron chi connectivity index (χ0n) is 15.5. The van der Waals surface area contributed by atoms with Gasteiger partial charge in [0, 0.05) is 12.6 Å². The molecule has 0 saturated carbocycles. The molecule has 0 aliphatic heterocycles. The van der Waals surface area contributed by atoms with Crippen LogP contribution in [-0.4, -0.2) is 42.5 Å². The molecule has 0 aromatic heterocycles. The molecule has 4 nitrogen and oxygen atoms in total. The molecular formula is C19H34ClN3O. The van der Waals surface area contributed by atoms with Crippen molar-refractivity contribution in [3.63, 3.8) is 0 Å². The Labute approximate surface area is 153 Å². The first kappa shape index (κ1) is 22.9. The van der Waals surface area contributed by atoms with Crippen LogP contribution in [0.15, 0.2) is 30.3 Å². The lowest BCUT2D eigenvalue weighted by Gasteiger charge is -2.30. The van der Waals surface area contributed by atoms with Gasteiger partial charge in [-0.05, 0) is 31.0 Å². The number of amides is 1. The van der Waals surface area contributed by atoms with Gasteiger partial charge in [0.15, 0.2) is 0 Å². The van der Waals surface area contributed by atoms with Crippen LogP contribution in [0, 0.1) is 5.92 Å². The van der Waals surface area contributed by atoms with Crippen LogP contribution >= 0.6 is 12.4 Å². The van der Waals surface area contributed by atoms with Crippen LogP contribution in [0.3, 0.4) is 0 Å². The Balaban J connectivity index is 0.00000529. The van der Waals surface area contributed by atoms with Gasteiger partial charge < -0.3 is 11.1 Å². The van der Waals surface area contributed by atoms with Crippen LogP contribution in [0.4, 0.5) is 0 Å². The lowest BCUT2D eigenvalue weighted by atomic mass is 9.99. The van der Waals surface area contributed by atoms with Crippen molar-refractivity contribution in [2.45, 2.75) is 52.6 Å². The van der Waals surface area contributed by atoms with E-state index in [2.05, 4.69) is 55.3 Å². The van der Waals surface area contributed by atoms with Gasteiger partial charge in [-0.2, -0.15) is 0 Å². The van der Waals surface area contributed by atoms with Crippen molar-refractivity contribution in [1.82, 2.24) is 10.2 Å². The summed E-state index contributed by atoms with van der Waals surface area (Å²) < 4.78 is 0. The third kappa shape index (κ3) is 7.20. The molecule has 5 heteroatoms. The van der Waals surface area contributed by atoms with Gasteiger partial charge in [0.2, 0.25) is 5.91 Å². The monoisotopic (exact) mass is 355 g/mol. The summed E-state index contributed by atoms with van der Waals surface area (Å²) >= 11 is 0. The first-order valence-electron chi connectivity index (χ1n) is 8.84. The van der Waals surface area contributed by atoms with Gasteiger partial charge in [-0.1, -0.05) is 64.4 Å². The molecular weight excluding hydrogens is 322 g/mol. The van der Waals surface area contributed by atoms with Crippen LogP contribution in [-0.2, 0) is 11.2 Å². The van der Waals surface area contributed by atoms with E-state index in [0.29, 0.717) is 12.6 Å². The summed E-state index contributed by atoms with van der Waals surface area (Å²) in [6.07, 6.45) is 1.85. The summed E-state index contributed by atoms with van der Waals surface area (Å²) in [5.74, 6) is 0.167. The molecule has 24 heavy (non-hydrogen) atoms. The molecule has 1 rings (SSSR count). The Morgan fingerprint density at radius 1 is 1.17 bits per heavy atom. The van der Waals surface area contributed by atoms with Gasteiger partial charge in [0.25, 0.3) is 0 Å². The first-order valence-corrected chi connectivity index (χ1v) is 8.84. The smallest absolute Gasteiger partial charge is 0.237 e. The van der Waals surface area contributed by atoms with E-state index in [0.717, 1.165) is 25.9 Å². The van der Waals surface area contributed by atoms with Gasteiger partial charge in [0.1, 0.15) is 0 Å². The van der Waals surface area contributed by atoms with E-state index in [1.54, 1.807) is 0 Å². The quantitative estimate of drug-likeness (QED) is 0.678. The molecule has 0 aliphatic carbocycles. The minimum atomic E-state index is -0.422. The van der Waals surface area contributed by atoms with Crippen molar-refractivity contribution in [2.75, 3.05) is 19.6 Å². The lowest BCUT2D eigenvalue weighted by Crippen LogP contribution is -2.50. The molecule has 0 aliphatic rings. The second-order valence-electron chi connectivity index (χ2n) is 6.22. The number of rotatable bonds is 10. The van der Waals surface area contributed by atoms with Crippen LogP contribution in [0.2, 0.25) is 0 Å². The van der Waals surface area contributed by atoms with Crippen LogP contribution in [0.5, 0.6) is 0 Å². The predicted octanol–water partition coefficient (Wildman–Crippen LogP) is 2.85. The maximum Gasteiger partial charge on any atom is 0.237 e. The molecule has 1 aromatic rings. The molecule has 3 unspecified atom stereocenters. The molecule has 0 spiro atoms. The third-order valence-electron chi connectivity index (χ3n) is 4.71. The summed E-state index contributed by atoms with van der Waals surface area (Å²) in [5, 5.41) is 3.06. The molecule has 0 fully saturated rings. The minimum Gasteiger partial charge on any atom is -0.353 e. The number of carbonyl (C=O) groups excluding carboxylic acids is 1. The number of halogens is 1. The molecule has 1 aromatic carbocycles. The second kappa shape index (κ2) is 12.3. The highest BCUT2D eigenvalue weighted by Gasteiger charge is 2.22. The fourth-order valence-corrected chi connectivity index (χ4v) is 2.81. The molecule has 0 radical (unpaired) electrons. The van der Waals surface area contributed by atoms with Crippen LogP contribution in [0.25, 0.3) is 0 Å². The number of nitrogens with zero attached hydrogens (tertiary/aromatic N) is 1. The normalized spacial score (nSPS) is 14.6. The average Bonchev–Trinajstić information content (AvgIpc) is 2.59. The van der Waals surface area contributed by atoms with E-state index in [1.807, 2.05) is 13.0 Å². The van der Waals surface area contributed by atoms with Crippen molar-refractivity contribution >= 4 is 18.3 Å². The summed E-state index contributed by atoms with van der Waals surface area (Å²) in [4.78, 5) is 14.6. The van der Waals surface area contributed by atoms with E-state index in [9.17, 15) is 4.79 Å². The Kier molecular flexibility index (Phi) is 11.7. The highest BCUT2D eigenvalue weighted by molar-refractivity contribution is 5.85. The Morgan fingerprint density at radius 2 is 1.75 bits per heavy atom. The van der Waals surface area contributed by atoms with E-state index < -0.39 is 6.04 Å². The number of hydrogen-bond acceptors (Lipinski definition) is 3. The summed E-state index contributed by atoms with van der Waals surface area (Å²) in [6.45, 7) is 11.0. The summed E-state index contributed by atoms with van der Waals surface area (Å²) in [7, 11) is 0. The van der Waals surface area contributed by atoms with Crippen molar-refractivity contribution in [3.05, 3.63) is 35.9 Å². The summed E-state index contributed by atoms with van der Waals surface area (Å²) in [6, 6.07) is 10.3. The third-order valence-corrected chi connectivity index (χ3v) is 4.71.